The van der Waals surface area contributed by atoms with E-state index >= 15 is 0 Å². The van der Waals surface area contributed by atoms with Gasteiger partial charge in [0.25, 0.3) is 5.91 Å². The minimum absolute atomic E-state index is 0.0438. The molecule has 0 radical (unpaired) electrons. The van der Waals surface area contributed by atoms with Crippen molar-refractivity contribution in [2.45, 2.75) is 31.3 Å². The first-order chi connectivity index (χ1) is 12.2. The van der Waals surface area contributed by atoms with Crippen molar-refractivity contribution in [1.29, 1.82) is 0 Å². The summed E-state index contributed by atoms with van der Waals surface area (Å²) >= 11 is 0. The van der Waals surface area contributed by atoms with Crippen molar-refractivity contribution in [2.75, 3.05) is 13.7 Å². The van der Waals surface area contributed by atoms with Gasteiger partial charge < -0.3 is 19.8 Å². The average molecular weight is 343 g/mol. The molecule has 2 atom stereocenters. The maximum absolute atomic E-state index is 12.4. The predicted octanol–water partition coefficient (Wildman–Crippen LogP) is 1.61. The largest absolute Gasteiger partial charge is 0.467 e. The first-order valence-electron chi connectivity index (χ1n) is 8.29. The van der Waals surface area contributed by atoms with Crippen LogP contribution in [0.2, 0.25) is 0 Å². The summed E-state index contributed by atoms with van der Waals surface area (Å²) in [5.41, 5.74) is 1.08. The molecule has 132 valence electrons. The summed E-state index contributed by atoms with van der Waals surface area (Å²) in [4.78, 5) is 28.7. The molecule has 0 aliphatic carbocycles. The molecule has 2 aromatic rings. The Hall–Kier alpha value is -2.67. The molecule has 25 heavy (non-hydrogen) atoms. The summed E-state index contributed by atoms with van der Waals surface area (Å²) in [6, 6.07) is 8.69. The van der Waals surface area contributed by atoms with Crippen LogP contribution >= 0.6 is 0 Å². The number of nitrogens with zero attached hydrogens (tertiary/aromatic N) is 1. The van der Waals surface area contributed by atoms with E-state index in [1.165, 1.54) is 13.4 Å². The molecular weight excluding hydrogens is 322 g/mol. The first-order valence-corrected chi connectivity index (χ1v) is 8.29. The molecule has 1 aromatic carbocycles. The summed E-state index contributed by atoms with van der Waals surface area (Å²) in [5, 5.41) is 5.94. The Labute approximate surface area is 145 Å². The zero-order valence-electron chi connectivity index (χ0n) is 14.0. The third-order valence-electron chi connectivity index (χ3n) is 4.19. The Morgan fingerprint density at radius 2 is 2.20 bits per heavy atom. The Morgan fingerprint density at radius 3 is 2.88 bits per heavy atom. The van der Waals surface area contributed by atoms with Gasteiger partial charge in [0.2, 0.25) is 5.89 Å². The van der Waals surface area contributed by atoms with E-state index in [0.717, 1.165) is 24.9 Å². The van der Waals surface area contributed by atoms with Crippen LogP contribution in [0.25, 0.3) is 0 Å². The normalized spacial score (nSPS) is 17.9. The SMILES string of the molecule is COC(=O)C(Cc1ccccc1)NC(=O)c1coc(C2CCCN2)n1. The third kappa shape index (κ3) is 4.24. The molecule has 1 aliphatic heterocycles. The van der Waals surface area contributed by atoms with Crippen molar-refractivity contribution in [1.82, 2.24) is 15.6 Å². The molecule has 0 saturated carbocycles. The fourth-order valence-electron chi connectivity index (χ4n) is 2.86. The van der Waals surface area contributed by atoms with E-state index in [1.807, 2.05) is 30.3 Å². The lowest BCUT2D eigenvalue weighted by Gasteiger charge is -2.15. The summed E-state index contributed by atoms with van der Waals surface area (Å²) < 4.78 is 10.2. The molecule has 0 bridgehead atoms. The summed E-state index contributed by atoms with van der Waals surface area (Å²) in [6.07, 6.45) is 3.64. The van der Waals surface area contributed by atoms with Gasteiger partial charge in [0.1, 0.15) is 12.3 Å². The highest BCUT2D eigenvalue weighted by molar-refractivity contribution is 5.95. The van der Waals surface area contributed by atoms with Crippen LogP contribution in [-0.4, -0.2) is 36.6 Å². The average Bonchev–Trinajstić information content (AvgIpc) is 3.32. The molecule has 7 heteroatoms. The van der Waals surface area contributed by atoms with Crippen LogP contribution in [0.15, 0.2) is 41.0 Å². The van der Waals surface area contributed by atoms with E-state index in [2.05, 4.69) is 15.6 Å². The van der Waals surface area contributed by atoms with E-state index < -0.39 is 17.9 Å². The zero-order valence-corrected chi connectivity index (χ0v) is 14.0. The minimum atomic E-state index is -0.787. The molecule has 7 nitrogen and oxygen atoms in total. The highest BCUT2D eigenvalue weighted by Gasteiger charge is 2.26. The van der Waals surface area contributed by atoms with Crippen molar-refractivity contribution in [3.8, 4) is 0 Å². The molecule has 2 N–H and O–H groups in total. The second-order valence-corrected chi connectivity index (χ2v) is 5.96. The number of ether oxygens (including phenoxy) is 1. The van der Waals surface area contributed by atoms with Crippen molar-refractivity contribution in [3.63, 3.8) is 0 Å². The predicted molar refractivity (Wildman–Crippen MR) is 89.9 cm³/mol. The number of hydrogen-bond donors (Lipinski definition) is 2. The van der Waals surface area contributed by atoms with Gasteiger partial charge in [0, 0.05) is 6.42 Å². The van der Waals surface area contributed by atoms with Crippen LogP contribution in [0.4, 0.5) is 0 Å². The Bertz CT molecular complexity index is 723. The van der Waals surface area contributed by atoms with E-state index in [-0.39, 0.29) is 11.7 Å². The molecule has 1 fully saturated rings. The van der Waals surface area contributed by atoms with Crippen LogP contribution in [0.1, 0.15) is 40.8 Å². The Morgan fingerprint density at radius 1 is 1.40 bits per heavy atom. The van der Waals surface area contributed by atoms with Gasteiger partial charge in [-0.25, -0.2) is 9.78 Å². The third-order valence-corrected chi connectivity index (χ3v) is 4.19. The number of methoxy groups -OCH3 is 1. The molecule has 1 aliphatic rings. The number of nitrogens with one attached hydrogen (secondary N) is 2. The molecule has 2 unspecified atom stereocenters. The van der Waals surface area contributed by atoms with Gasteiger partial charge in [-0.1, -0.05) is 30.3 Å². The van der Waals surface area contributed by atoms with Crippen LogP contribution < -0.4 is 10.6 Å². The van der Waals surface area contributed by atoms with Crippen LogP contribution in [-0.2, 0) is 16.0 Å². The molecule has 3 rings (SSSR count). The number of carbonyl (C=O) groups is 2. The Kier molecular flexibility index (Phi) is 5.45. The number of oxazole rings is 1. The van der Waals surface area contributed by atoms with Gasteiger partial charge in [-0.3, -0.25) is 4.79 Å². The van der Waals surface area contributed by atoms with Gasteiger partial charge in [0.15, 0.2) is 5.69 Å². The van der Waals surface area contributed by atoms with E-state index in [9.17, 15) is 9.59 Å². The van der Waals surface area contributed by atoms with Gasteiger partial charge >= 0.3 is 5.97 Å². The number of esters is 1. The number of carbonyl (C=O) groups excluding carboxylic acids is 2. The molecular formula is C18H21N3O4. The van der Waals surface area contributed by atoms with Gasteiger partial charge in [-0.2, -0.15) is 0 Å². The van der Waals surface area contributed by atoms with Crippen LogP contribution in [0.5, 0.6) is 0 Å². The molecule has 1 saturated heterocycles. The molecule has 1 aromatic heterocycles. The highest BCUT2D eigenvalue weighted by Crippen LogP contribution is 2.22. The van der Waals surface area contributed by atoms with Crippen LogP contribution in [0.3, 0.4) is 0 Å². The van der Waals surface area contributed by atoms with E-state index in [0.29, 0.717) is 12.3 Å². The zero-order chi connectivity index (χ0) is 17.6. The van der Waals surface area contributed by atoms with Crippen molar-refractivity contribution < 1.29 is 18.7 Å². The van der Waals surface area contributed by atoms with Crippen LogP contribution in [0, 0.1) is 0 Å². The number of rotatable bonds is 6. The summed E-state index contributed by atoms with van der Waals surface area (Å²) in [7, 11) is 1.30. The maximum atomic E-state index is 12.4. The number of benzene rings is 1. The highest BCUT2D eigenvalue weighted by atomic mass is 16.5. The molecule has 1 amide bonds. The number of aromatic nitrogens is 1. The van der Waals surface area contributed by atoms with Gasteiger partial charge in [-0.05, 0) is 24.9 Å². The number of hydrogen-bond acceptors (Lipinski definition) is 6. The quantitative estimate of drug-likeness (QED) is 0.774. The van der Waals surface area contributed by atoms with E-state index in [4.69, 9.17) is 9.15 Å². The monoisotopic (exact) mass is 343 g/mol. The van der Waals surface area contributed by atoms with Crippen molar-refractivity contribution in [3.05, 3.63) is 53.7 Å². The van der Waals surface area contributed by atoms with Crippen molar-refractivity contribution >= 4 is 11.9 Å². The maximum Gasteiger partial charge on any atom is 0.328 e. The minimum Gasteiger partial charge on any atom is -0.467 e. The first kappa shape index (κ1) is 17.2. The van der Waals surface area contributed by atoms with E-state index in [1.54, 1.807) is 0 Å². The topological polar surface area (TPSA) is 93.5 Å². The van der Waals surface area contributed by atoms with Gasteiger partial charge in [-0.15, -0.1) is 0 Å². The number of amides is 1. The molecule has 2 heterocycles. The van der Waals surface area contributed by atoms with Gasteiger partial charge in [0.05, 0.1) is 13.2 Å². The lowest BCUT2D eigenvalue weighted by atomic mass is 10.1. The van der Waals surface area contributed by atoms with Crippen molar-refractivity contribution in [2.24, 2.45) is 0 Å². The lowest BCUT2D eigenvalue weighted by molar-refractivity contribution is -0.142. The lowest BCUT2D eigenvalue weighted by Crippen LogP contribution is -2.43. The smallest absolute Gasteiger partial charge is 0.328 e. The summed E-state index contributed by atoms with van der Waals surface area (Å²) in [6.45, 7) is 0.913. The summed E-state index contributed by atoms with van der Waals surface area (Å²) in [5.74, 6) is -0.460. The fourth-order valence-corrected chi connectivity index (χ4v) is 2.86. The second-order valence-electron chi connectivity index (χ2n) is 5.96. The molecule has 0 spiro atoms. The second kappa shape index (κ2) is 7.94. The standard InChI is InChI=1S/C18H21N3O4/c1-24-18(23)14(10-12-6-3-2-4-7-12)20-16(22)15-11-25-17(21-15)13-8-5-9-19-13/h2-4,6-7,11,13-14,19H,5,8-10H2,1H3,(H,20,22). The Balaban J connectivity index is 1.68. The fraction of sp³-hybridized carbons (Fsp3) is 0.389.